The van der Waals surface area contributed by atoms with Crippen LogP contribution in [0.15, 0.2) is 66.7 Å². The van der Waals surface area contributed by atoms with Crippen LogP contribution in [0.25, 0.3) is 11.1 Å². The van der Waals surface area contributed by atoms with Crippen LogP contribution in [0.5, 0.6) is 0 Å². The first-order valence-corrected chi connectivity index (χ1v) is 8.53. The van der Waals surface area contributed by atoms with Crippen molar-refractivity contribution in [2.24, 2.45) is 0 Å². The molecule has 0 spiro atoms. The van der Waals surface area contributed by atoms with Crippen LogP contribution >= 0.6 is 23.2 Å². The molecule has 5 heteroatoms. The Labute approximate surface area is 156 Å². The first-order chi connectivity index (χ1) is 12.0. The largest absolute Gasteiger partial charge is 0.381 e. The normalized spacial score (nSPS) is 10.9. The highest BCUT2D eigenvalue weighted by atomic mass is 35.5. The van der Waals surface area contributed by atoms with Crippen molar-refractivity contribution < 1.29 is 10.2 Å². The Morgan fingerprint density at radius 2 is 1.48 bits per heavy atom. The molecular formula is C20H17Cl2NO2. The minimum absolute atomic E-state index is 0.410. The van der Waals surface area contributed by atoms with Crippen LogP contribution in [0, 0.1) is 0 Å². The van der Waals surface area contributed by atoms with Crippen molar-refractivity contribution in [2.75, 3.05) is 5.32 Å². The number of aliphatic hydroxyl groups is 2. The Kier molecular flexibility index (Phi) is 5.61. The van der Waals surface area contributed by atoms with Crippen molar-refractivity contribution in [3.05, 3.63) is 87.9 Å². The van der Waals surface area contributed by atoms with E-state index in [9.17, 15) is 10.2 Å². The molecule has 0 aliphatic heterocycles. The standard InChI is InChI=1S/C20H17Cl2NO2/c21-16-8-13(9-17(22)11-16)12-23-19-10-15(6-7-18(19)20(24)25)14-4-2-1-3-5-14/h1-11,20,23-25H,12H2. The summed E-state index contributed by atoms with van der Waals surface area (Å²) in [6, 6.07) is 20.7. The summed E-state index contributed by atoms with van der Waals surface area (Å²) < 4.78 is 0. The second kappa shape index (κ2) is 7.89. The van der Waals surface area contributed by atoms with Crippen molar-refractivity contribution in [1.82, 2.24) is 0 Å². The molecule has 3 aromatic rings. The van der Waals surface area contributed by atoms with Crippen LogP contribution < -0.4 is 5.32 Å². The molecule has 0 heterocycles. The predicted molar refractivity (Wildman–Crippen MR) is 103 cm³/mol. The van der Waals surface area contributed by atoms with Gasteiger partial charge in [0.2, 0.25) is 0 Å². The molecule has 0 fully saturated rings. The van der Waals surface area contributed by atoms with Gasteiger partial charge in [0.15, 0.2) is 6.29 Å². The highest BCUT2D eigenvalue weighted by molar-refractivity contribution is 6.34. The number of halogens is 2. The summed E-state index contributed by atoms with van der Waals surface area (Å²) in [5.74, 6) is 0. The van der Waals surface area contributed by atoms with Gasteiger partial charge in [-0.25, -0.2) is 0 Å². The number of rotatable bonds is 5. The zero-order chi connectivity index (χ0) is 17.8. The highest BCUT2D eigenvalue weighted by Crippen LogP contribution is 2.29. The van der Waals surface area contributed by atoms with Gasteiger partial charge in [-0.3, -0.25) is 0 Å². The minimum Gasteiger partial charge on any atom is -0.381 e. The molecule has 0 atom stereocenters. The average molecular weight is 374 g/mol. The third kappa shape index (κ3) is 4.53. The van der Waals surface area contributed by atoms with E-state index in [2.05, 4.69) is 5.32 Å². The number of anilines is 1. The Balaban J connectivity index is 1.90. The third-order valence-electron chi connectivity index (χ3n) is 3.84. The second-order valence-electron chi connectivity index (χ2n) is 5.67. The molecule has 0 aromatic heterocycles. The fraction of sp³-hybridized carbons (Fsp3) is 0.100. The second-order valence-corrected chi connectivity index (χ2v) is 6.55. The van der Waals surface area contributed by atoms with Crippen molar-refractivity contribution in [3.8, 4) is 11.1 Å². The Morgan fingerprint density at radius 3 is 2.12 bits per heavy atom. The molecule has 3 aromatic carbocycles. The first-order valence-electron chi connectivity index (χ1n) is 7.77. The van der Waals surface area contributed by atoms with Gasteiger partial charge in [-0.1, -0.05) is 65.7 Å². The van der Waals surface area contributed by atoms with E-state index < -0.39 is 6.29 Å². The third-order valence-corrected chi connectivity index (χ3v) is 4.28. The van der Waals surface area contributed by atoms with E-state index in [1.807, 2.05) is 54.6 Å². The van der Waals surface area contributed by atoms with Gasteiger partial charge in [0, 0.05) is 27.8 Å². The van der Waals surface area contributed by atoms with Crippen molar-refractivity contribution in [2.45, 2.75) is 12.8 Å². The van der Waals surface area contributed by atoms with Crippen LogP contribution in [0.4, 0.5) is 5.69 Å². The highest BCUT2D eigenvalue weighted by Gasteiger charge is 2.11. The summed E-state index contributed by atoms with van der Waals surface area (Å²) in [5, 5.41) is 23.6. The summed E-state index contributed by atoms with van der Waals surface area (Å²) in [4.78, 5) is 0. The number of nitrogens with one attached hydrogen (secondary N) is 1. The summed E-state index contributed by atoms with van der Waals surface area (Å²) in [7, 11) is 0. The topological polar surface area (TPSA) is 52.5 Å². The molecule has 3 N–H and O–H groups in total. The number of aliphatic hydroxyl groups excluding tert-OH is 1. The summed E-state index contributed by atoms with van der Waals surface area (Å²) in [5.41, 5.74) is 3.99. The van der Waals surface area contributed by atoms with Crippen molar-refractivity contribution in [3.63, 3.8) is 0 Å². The van der Waals surface area contributed by atoms with Gasteiger partial charge in [-0.15, -0.1) is 0 Å². The quantitative estimate of drug-likeness (QED) is 0.535. The molecule has 0 saturated carbocycles. The van der Waals surface area contributed by atoms with Gasteiger partial charge in [0.25, 0.3) is 0 Å². The Morgan fingerprint density at radius 1 is 0.800 bits per heavy atom. The van der Waals surface area contributed by atoms with Crippen LogP contribution in [0.2, 0.25) is 10.0 Å². The van der Waals surface area contributed by atoms with Crippen LogP contribution in [0.1, 0.15) is 17.4 Å². The van der Waals surface area contributed by atoms with Gasteiger partial charge < -0.3 is 15.5 Å². The van der Waals surface area contributed by atoms with Crippen LogP contribution in [-0.2, 0) is 6.54 Å². The maximum atomic E-state index is 9.62. The molecule has 128 valence electrons. The van der Waals surface area contributed by atoms with Gasteiger partial charge in [-0.05, 0) is 41.0 Å². The molecule has 0 aliphatic carbocycles. The zero-order valence-electron chi connectivity index (χ0n) is 13.3. The predicted octanol–water partition coefficient (Wildman–Crippen LogP) is 5.26. The Bertz CT molecular complexity index is 847. The summed E-state index contributed by atoms with van der Waals surface area (Å²) in [6.07, 6.45) is -1.56. The Hall–Kier alpha value is -2.04. The smallest absolute Gasteiger partial charge is 0.180 e. The van der Waals surface area contributed by atoms with E-state index in [1.54, 1.807) is 12.1 Å². The number of hydrogen-bond donors (Lipinski definition) is 3. The van der Waals surface area contributed by atoms with Gasteiger partial charge in [0.1, 0.15) is 0 Å². The number of hydrogen-bond acceptors (Lipinski definition) is 3. The summed E-state index contributed by atoms with van der Waals surface area (Å²) in [6.45, 7) is 0.457. The van der Waals surface area contributed by atoms with E-state index in [1.165, 1.54) is 0 Å². The molecule has 0 bridgehead atoms. The SMILES string of the molecule is OC(O)c1ccc(-c2ccccc2)cc1NCc1cc(Cl)cc(Cl)c1. The minimum atomic E-state index is -1.56. The van der Waals surface area contributed by atoms with E-state index in [-0.39, 0.29) is 0 Å². The van der Waals surface area contributed by atoms with E-state index in [0.717, 1.165) is 16.7 Å². The lowest BCUT2D eigenvalue weighted by Crippen LogP contribution is -2.06. The fourth-order valence-electron chi connectivity index (χ4n) is 2.65. The van der Waals surface area contributed by atoms with E-state index in [4.69, 9.17) is 23.2 Å². The molecule has 3 nitrogen and oxygen atoms in total. The molecule has 0 radical (unpaired) electrons. The molecule has 0 unspecified atom stereocenters. The monoisotopic (exact) mass is 373 g/mol. The lowest BCUT2D eigenvalue weighted by atomic mass is 10.0. The average Bonchev–Trinajstić information content (AvgIpc) is 2.59. The van der Waals surface area contributed by atoms with Crippen LogP contribution in [-0.4, -0.2) is 10.2 Å². The van der Waals surface area contributed by atoms with Gasteiger partial charge >= 0.3 is 0 Å². The first kappa shape index (κ1) is 17.8. The molecule has 0 amide bonds. The fourth-order valence-corrected chi connectivity index (χ4v) is 3.23. The molecule has 25 heavy (non-hydrogen) atoms. The molecule has 0 saturated heterocycles. The molecular weight excluding hydrogens is 357 g/mol. The van der Waals surface area contributed by atoms with E-state index in [0.29, 0.717) is 27.8 Å². The lowest BCUT2D eigenvalue weighted by molar-refractivity contribution is -0.0419. The molecule has 3 rings (SSSR count). The summed E-state index contributed by atoms with van der Waals surface area (Å²) >= 11 is 12.1. The maximum Gasteiger partial charge on any atom is 0.180 e. The van der Waals surface area contributed by atoms with Gasteiger partial charge in [0.05, 0.1) is 0 Å². The van der Waals surface area contributed by atoms with Gasteiger partial charge in [-0.2, -0.15) is 0 Å². The van der Waals surface area contributed by atoms with Crippen molar-refractivity contribution >= 4 is 28.9 Å². The lowest BCUT2D eigenvalue weighted by Gasteiger charge is -2.16. The van der Waals surface area contributed by atoms with Crippen molar-refractivity contribution in [1.29, 1.82) is 0 Å². The zero-order valence-corrected chi connectivity index (χ0v) is 14.8. The maximum absolute atomic E-state index is 9.62. The van der Waals surface area contributed by atoms with E-state index >= 15 is 0 Å². The molecule has 0 aliphatic rings. The van der Waals surface area contributed by atoms with Crippen LogP contribution in [0.3, 0.4) is 0 Å². The number of benzene rings is 3.